The first-order valence-electron chi connectivity index (χ1n) is 7.47. The van der Waals surface area contributed by atoms with Gasteiger partial charge in [-0.05, 0) is 44.1 Å². The Balaban J connectivity index is 2.34. The summed E-state index contributed by atoms with van der Waals surface area (Å²) in [6, 6.07) is 6.24. The Bertz CT molecular complexity index is 517. The minimum atomic E-state index is -0.562. The van der Waals surface area contributed by atoms with Crippen LogP contribution in [0.25, 0.3) is 0 Å². The quantitative estimate of drug-likeness (QED) is 0.658. The van der Waals surface area contributed by atoms with Crippen molar-refractivity contribution in [2.24, 2.45) is 5.73 Å². The van der Waals surface area contributed by atoms with Gasteiger partial charge in [-0.25, -0.2) is 0 Å². The molecule has 0 amide bonds. The van der Waals surface area contributed by atoms with Crippen molar-refractivity contribution in [3.8, 4) is 0 Å². The van der Waals surface area contributed by atoms with Gasteiger partial charge < -0.3 is 15.7 Å². The smallest absolute Gasteiger partial charge is 0.107 e. The summed E-state index contributed by atoms with van der Waals surface area (Å²) in [5, 5.41) is 10.3. The van der Waals surface area contributed by atoms with Gasteiger partial charge in [0.2, 0.25) is 0 Å². The molecule has 116 valence electrons. The Labute approximate surface area is 136 Å². The number of aliphatic hydroxyl groups is 1. The van der Waals surface area contributed by atoms with Gasteiger partial charge in [0.25, 0.3) is 0 Å². The van der Waals surface area contributed by atoms with Gasteiger partial charge in [0.15, 0.2) is 0 Å². The van der Waals surface area contributed by atoms with Crippen LogP contribution in [0.15, 0.2) is 23.1 Å². The number of thioether (sulfide) groups is 1. The van der Waals surface area contributed by atoms with Crippen LogP contribution < -0.4 is 10.6 Å². The molecule has 1 saturated heterocycles. The summed E-state index contributed by atoms with van der Waals surface area (Å²) in [5.74, 6) is 0.994. The maximum atomic E-state index is 10.3. The first-order chi connectivity index (χ1) is 9.94. The number of thiocarbonyl (C=S) groups is 1. The molecule has 1 atom stereocenters. The zero-order valence-electron chi connectivity index (χ0n) is 12.8. The lowest BCUT2D eigenvalue weighted by molar-refractivity contribution is 0.0481. The second-order valence-electron chi connectivity index (χ2n) is 5.79. The van der Waals surface area contributed by atoms with Crippen LogP contribution in [0.5, 0.6) is 0 Å². The minimum absolute atomic E-state index is 0.456. The molecule has 1 unspecified atom stereocenters. The summed E-state index contributed by atoms with van der Waals surface area (Å²) in [4.78, 5) is 3.92. The number of hydrogen-bond acceptors (Lipinski definition) is 4. The number of rotatable bonds is 4. The molecule has 5 heteroatoms. The van der Waals surface area contributed by atoms with Crippen LogP contribution in [0.2, 0.25) is 0 Å². The molecule has 1 heterocycles. The first kappa shape index (κ1) is 16.6. The largest absolute Gasteiger partial charge is 0.390 e. The molecular formula is C16H24N2OS2. The van der Waals surface area contributed by atoms with Crippen molar-refractivity contribution in [3.05, 3.63) is 23.8 Å². The minimum Gasteiger partial charge on any atom is -0.390 e. The van der Waals surface area contributed by atoms with Crippen LogP contribution in [0, 0.1) is 0 Å². The highest BCUT2D eigenvalue weighted by Gasteiger charge is 2.26. The van der Waals surface area contributed by atoms with Crippen molar-refractivity contribution < 1.29 is 5.11 Å². The molecule has 0 aliphatic carbocycles. The molecule has 1 aliphatic heterocycles. The van der Waals surface area contributed by atoms with E-state index < -0.39 is 5.60 Å². The van der Waals surface area contributed by atoms with Crippen molar-refractivity contribution >= 4 is 34.7 Å². The highest BCUT2D eigenvalue weighted by Crippen LogP contribution is 2.33. The molecule has 0 spiro atoms. The Hall–Kier alpha value is -0.780. The third-order valence-corrected chi connectivity index (χ3v) is 5.10. The Morgan fingerprint density at radius 3 is 2.86 bits per heavy atom. The predicted octanol–water partition coefficient (Wildman–Crippen LogP) is 3.17. The number of anilines is 1. The van der Waals surface area contributed by atoms with E-state index in [1.807, 2.05) is 6.92 Å². The number of benzene rings is 1. The van der Waals surface area contributed by atoms with E-state index in [1.54, 1.807) is 11.8 Å². The van der Waals surface area contributed by atoms with E-state index in [2.05, 4.69) is 30.0 Å². The summed E-state index contributed by atoms with van der Waals surface area (Å²) < 4.78 is 0. The van der Waals surface area contributed by atoms with Gasteiger partial charge in [-0.2, -0.15) is 0 Å². The van der Waals surface area contributed by atoms with Crippen LogP contribution in [-0.4, -0.2) is 34.5 Å². The molecule has 0 radical (unpaired) electrons. The fourth-order valence-electron chi connectivity index (χ4n) is 2.81. The third kappa shape index (κ3) is 4.11. The summed E-state index contributed by atoms with van der Waals surface area (Å²) in [6.07, 6.45) is 2.60. The molecule has 3 nitrogen and oxygen atoms in total. The molecule has 2 rings (SSSR count). The monoisotopic (exact) mass is 324 g/mol. The molecule has 21 heavy (non-hydrogen) atoms. The van der Waals surface area contributed by atoms with Crippen LogP contribution in [0.3, 0.4) is 0 Å². The second-order valence-corrected chi connectivity index (χ2v) is 7.53. The van der Waals surface area contributed by atoms with E-state index in [-0.39, 0.29) is 0 Å². The van der Waals surface area contributed by atoms with Crippen molar-refractivity contribution in [2.75, 3.05) is 23.7 Å². The van der Waals surface area contributed by atoms with Crippen LogP contribution >= 0.6 is 24.0 Å². The summed E-state index contributed by atoms with van der Waals surface area (Å²) in [7, 11) is 0. The number of hydrogen-bond donors (Lipinski definition) is 2. The van der Waals surface area contributed by atoms with Gasteiger partial charge in [0.05, 0.1) is 5.60 Å². The van der Waals surface area contributed by atoms with Gasteiger partial charge in [-0.3, -0.25) is 0 Å². The first-order valence-corrected chi connectivity index (χ1v) is 8.87. The van der Waals surface area contributed by atoms with Gasteiger partial charge in [0, 0.05) is 29.2 Å². The Morgan fingerprint density at radius 1 is 1.43 bits per heavy atom. The van der Waals surface area contributed by atoms with E-state index in [9.17, 15) is 5.11 Å². The maximum Gasteiger partial charge on any atom is 0.107 e. The molecule has 0 bridgehead atoms. The lowest BCUT2D eigenvalue weighted by Gasteiger charge is -2.27. The molecule has 3 N–H and O–H groups in total. The average molecular weight is 325 g/mol. The van der Waals surface area contributed by atoms with Gasteiger partial charge in [0.1, 0.15) is 4.99 Å². The van der Waals surface area contributed by atoms with E-state index in [0.29, 0.717) is 4.99 Å². The van der Waals surface area contributed by atoms with Gasteiger partial charge >= 0.3 is 0 Å². The predicted molar refractivity (Wildman–Crippen MR) is 95.4 cm³/mol. The molecule has 1 aromatic rings. The average Bonchev–Trinajstić information content (AvgIpc) is 2.59. The highest BCUT2D eigenvalue weighted by molar-refractivity contribution is 7.99. The Morgan fingerprint density at radius 2 is 2.19 bits per heavy atom. The van der Waals surface area contributed by atoms with E-state index in [1.165, 1.54) is 0 Å². The summed E-state index contributed by atoms with van der Waals surface area (Å²) >= 11 is 7.06. The Kier molecular flexibility index (Phi) is 5.52. The van der Waals surface area contributed by atoms with Crippen molar-refractivity contribution in [1.29, 1.82) is 0 Å². The molecule has 1 aliphatic rings. The normalized spacial score (nSPS) is 22.9. The van der Waals surface area contributed by atoms with E-state index in [4.69, 9.17) is 18.0 Å². The van der Waals surface area contributed by atoms with Crippen LogP contribution in [-0.2, 0) is 0 Å². The standard InChI is InChI=1S/C16H24N2OS2/c1-3-21-13-7-4-6-12(14(13)15(17)20)18-10-5-8-16(2,19)9-11-18/h4,6-7,19H,3,5,8-11H2,1-2H3,(H2,17,20). The summed E-state index contributed by atoms with van der Waals surface area (Å²) in [6.45, 7) is 5.83. The van der Waals surface area contributed by atoms with Crippen LogP contribution in [0.4, 0.5) is 5.69 Å². The SMILES string of the molecule is CCSc1cccc(N2CCCC(C)(O)CC2)c1C(N)=S. The number of nitrogens with zero attached hydrogens (tertiary/aromatic N) is 1. The van der Waals surface area contributed by atoms with Crippen LogP contribution in [0.1, 0.15) is 38.7 Å². The molecule has 1 fully saturated rings. The number of nitrogens with two attached hydrogens (primary N) is 1. The fraction of sp³-hybridized carbons (Fsp3) is 0.562. The zero-order chi connectivity index (χ0) is 15.5. The van der Waals surface area contributed by atoms with Crippen molar-refractivity contribution in [2.45, 2.75) is 43.6 Å². The van der Waals surface area contributed by atoms with Crippen molar-refractivity contribution in [1.82, 2.24) is 0 Å². The zero-order valence-corrected chi connectivity index (χ0v) is 14.4. The highest BCUT2D eigenvalue weighted by atomic mass is 32.2. The van der Waals surface area contributed by atoms with E-state index >= 15 is 0 Å². The lowest BCUT2D eigenvalue weighted by atomic mass is 9.98. The van der Waals surface area contributed by atoms with Gasteiger partial charge in [-0.15, -0.1) is 11.8 Å². The topological polar surface area (TPSA) is 49.5 Å². The summed E-state index contributed by atoms with van der Waals surface area (Å²) in [5.41, 5.74) is 7.52. The molecule has 0 saturated carbocycles. The maximum absolute atomic E-state index is 10.3. The molecular weight excluding hydrogens is 300 g/mol. The lowest BCUT2D eigenvalue weighted by Crippen LogP contribution is -2.30. The fourth-order valence-corrected chi connectivity index (χ4v) is 3.93. The molecule has 1 aromatic carbocycles. The van der Waals surface area contributed by atoms with Gasteiger partial charge in [-0.1, -0.05) is 25.2 Å². The molecule has 0 aromatic heterocycles. The second kappa shape index (κ2) is 6.99. The van der Waals surface area contributed by atoms with Crippen molar-refractivity contribution in [3.63, 3.8) is 0 Å². The van der Waals surface area contributed by atoms with E-state index in [0.717, 1.165) is 54.3 Å². The third-order valence-electron chi connectivity index (χ3n) is 3.95.